The summed E-state index contributed by atoms with van der Waals surface area (Å²) in [7, 11) is 0. The molecule has 0 bridgehead atoms. The highest BCUT2D eigenvalue weighted by molar-refractivity contribution is 9.12. The number of amides is 1. The summed E-state index contributed by atoms with van der Waals surface area (Å²) in [6, 6.07) is 0. The van der Waals surface area contributed by atoms with Crippen LogP contribution in [0.1, 0.15) is 20.3 Å². The van der Waals surface area contributed by atoms with Crippen molar-refractivity contribution in [3.8, 4) is 10.8 Å². The average Bonchev–Trinajstić information content (AvgIpc) is 1.98. The third kappa shape index (κ3) is 7.36. The van der Waals surface area contributed by atoms with Crippen molar-refractivity contribution in [3.63, 3.8) is 0 Å². The van der Waals surface area contributed by atoms with Gasteiger partial charge in [-0.15, -0.1) is 0 Å². The van der Waals surface area contributed by atoms with E-state index in [1.54, 1.807) is 0 Å². The third-order valence-electron chi connectivity index (χ3n) is 1.14. The largest absolute Gasteiger partial charge is 0.345 e. The molecule has 12 heavy (non-hydrogen) atoms. The molecule has 0 aliphatic heterocycles. The van der Waals surface area contributed by atoms with Gasteiger partial charge in [-0.1, -0.05) is 11.6 Å². The Labute approximate surface area is 81.5 Å². The fourth-order valence-corrected chi connectivity index (χ4v) is 0.814. The van der Waals surface area contributed by atoms with E-state index in [1.807, 2.05) is 13.8 Å². The minimum atomic E-state index is -0.242. The molecule has 0 fully saturated rings. The van der Waals surface area contributed by atoms with E-state index in [0.29, 0.717) is 6.54 Å². The van der Waals surface area contributed by atoms with E-state index in [2.05, 4.69) is 38.1 Å². The van der Waals surface area contributed by atoms with Gasteiger partial charge in [0.25, 0.3) is 5.91 Å². The molecule has 0 radical (unpaired) electrons. The quantitative estimate of drug-likeness (QED) is 0.447. The van der Waals surface area contributed by atoms with Gasteiger partial charge in [0.1, 0.15) is 0 Å². The summed E-state index contributed by atoms with van der Waals surface area (Å²) in [5, 5.41) is 2.65. The van der Waals surface area contributed by atoms with Gasteiger partial charge in [0.05, 0.1) is 0 Å². The van der Waals surface area contributed by atoms with E-state index in [1.165, 1.54) is 5.57 Å². The molecule has 0 saturated carbocycles. The van der Waals surface area contributed by atoms with Gasteiger partial charge >= 0.3 is 0 Å². The molecule has 0 aromatic rings. The first-order valence-electron chi connectivity index (χ1n) is 3.69. The van der Waals surface area contributed by atoms with Crippen LogP contribution >= 0.6 is 15.9 Å². The lowest BCUT2D eigenvalue weighted by molar-refractivity contribution is -0.115. The van der Waals surface area contributed by atoms with Crippen LogP contribution in [-0.2, 0) is 4.79 Å². The van der Waals surface area contributed by atoms with Crippen molar-refractivity contribution in [2.45, 2.75) is 20.3 Å². The summed E-state index contributed by atoms with van der Waals surface area (Å²) in [5.41, 5.74) is 1.26. The second kappa shape index (κ2) is 6.93. The first-order valence-corrected chi connectivity index (χ1v) is 4.49. The highest BCUT2D eigenvalue weighted by atomic mass is 79.9. The molecular weight excluding hydrogens is 218 g/mol. The van der Waals surface area contributed by atoms with Gasteiger partial charge in [-0.2, -0.15) is 0 Å². The Balaban J connectivity index is 3.49. The van der Waals surface area contributed by atoms with Crippen LogP contribution in [-0.4, -0.2) is 12.5 Å². The summed E-state index contributed by atoms with van der Waals surface area (Å²) in [4.78, 5) is 13.1. The Bertz CT molecular complexity index is 231. The van der Waals surface area contributed by atoms with E-state index in [-0.39, 0.29) is 5.91 Å². The van der Waals surface area contributed by atoms with E-state index in [0.717, 1.165) is 6.42 Å². The van der Waals surface area contributed by atoms with Crippen molar-refractivity contribution in [3.05, 3.63) is 11.6 Å². The average molecular weight is 230 g/mol. The minimum Gasteiger partial charge on any atom is -0.345 e. The molecule has 0 atom stereocenters. The van der Waals surface area contributed by atoms with Gasteiger partial charge in [-0.25, -0.2) is 0 Å². The van der Waals surface area contributed by atoms with Crippen molar-refractivity contribution >= 4 is 21.8 Å². The molecule has 1 N–H and O–H groups in total. The smallest absolute Gasteiger partial charge is 0.296 e. The van der Waals surface area contributed by atoms with Crippen LogP contribution in [0.4, 0.5) is 0 Å². The van der Waals surface area contributed by atoms with Gasteiger partial charge in [-0.3, -0.25) is 4.79 Å². The lowest BCUT2D eigenvalue weighted by atomic mass is 10.3. The molecule has 0 aliphatic carbocycles. The molecular formula is C9H12BrNO. The molecule has 1 amide bonds. The fourth-order valence-electron chi connectivity index (χ4n) is 0.634. The van der Waals surface area contributed by atoms with Crippen molar-refractivity contribution in [2.24, 2.45) is 0 Å². The summed E-state index contributed by atoms with van der Waals surface area (Å²) in [5.74, 6) is 2.09. The predicted molar refractivity (Wildman–Crippen MR) is 53.8 cm³/mol. The van der Waals surface area contributed by atoms with Crippen molar-refractivity contribution in [1.29, 1.82) is 0 Å². The normalized spacial score (nSPS) is 7.92. The molecule has 0 unspecified atom stereocenters. The number of carbonyl (C=O) groups is 1. The Kier molecular flexibility index (Phi) is 6.50. The first-order chi connectivity index (χ1) is 5.66. The SMILES string of the molecule is CC(C)=CCCNC(=O)C#CBr. The highest BCUT2D eigenvalue weighted by Gasteiger charge is 1.91. The lowest BCUT2D eigenvalue weighted by Gasteiger charge is -1.96. The van der Waals surface area contributed by atoms with Crippen molar-refractivity contribution in [2.75, 3.05) is 6.54 Å². The number of carbonyl (C=O) groups excluding carboxylic acids is 1. The molecule has 66 valence electrons. The van der Waals surface area contributed by atoms with Crippen LogP contribution in [0.25, 0.3) is 0 Å². The zero-order valence-corrected chi connectivity index (χ0v) is 8.86. The molecule has 0 rings (SSSR count). The molecule has 0 spiro atoms. The second-order valence-electron chi connectivity index (χ2n) is 2.55. The number of rotatable bonds is 3. The minimum absolute atomic E-state index is 0.242. The van der Waals surface area contributed by atoms with Gasteiger partial charge in [0.15, 0.2) is 0 Å². The first kappa shape index (κ1) is 11.2. The number of nitrogens with one attached hydrogen (secondary N) is 1. The van der Waals surface area contributed by atoms with Crippen LogP contribution in [0.3, 0.4) is 0 Å². The fraction of sp³-hybridized carbons (Fsp3) is 0.444. The topological polar surface area (TPSA) is 29.1 Å². The Morgan fingerprint density at radius 1 is 1.58 bits per heavy atom. The molecule has 3 heteroatoms. The van der Waals surface area contributed by atoms with E-state index in [4.69, 9.17) is 0 Å². The zero-order valence-electron chi connectivity index (χ0n) is 7.28. The Morgan fingerprint density at radius 3 is 2.75 bits per heavy atom. The number of halogens is 1. The monoisotopic (exact) mass is 229 g/mol. The number of allylic oxidation sites excluding steroid dienone is 1. The van der Waals surface area contributed by atoms with Crippen LogP contribution < -0.4 is 5.32 Å². The lowest BCUT2D eigenvalue weighted by Crippen LogP contribution is -2.21. The molecule has 0 aliphatic rings. The van der Waals surface area contributed by atoms with Gasteiger partial charge in [0, 0.05) is 28.4 Å². The summed E-state index contributed by atoms with van der Waals surface area (Å²) in [6.45, 7) is 4.70. The summed E-state index contributed by atoms with van der Waals surface area (Å²) in [6.07, 6.45) is 2.93. The molecule has 0 aromatic heterocycles. The molecule has 0 heterocycles. The second-order valence-corrected chi connectivity index (χ2v) is 2.94. The number of hydrogen-bond donors (Lipinski definition) is 1. The molecule has 2 nitrogen and oxygen atoms in total. The summed E-state index contributed by atoms with van der Waals surface area (Å²) >= 11 is 2.85. The standard InChI is InChI=1S/C9H12BrNO/c1-8(2)4-3-7-11-9(12)5-6-10/h4H,3,7H2,1-2H3,(H,11,12). The van der Waals surface area contributed by atoms with E-state index >= 15 is 0 Å². The van der Waals surface area contributed by atoms with Crippen LogP contribution in [0, 0.1) is 10.8 Å². The van der Waals surface area contributed by atoms with Gasteiger partial charge in [-0.05, 0) is 25.1 Å². The van der Waals surface area contributed by atoms with Crippen molar-refractivity contribution < 1.29 is 4.79 Å². The van der Waals surface area contributed by atoms with Crippen molar-refractivity contribution in [1.82, 2.24) is 5.32 Å². The Hall–Kier alpha value is -0.750. The van der Waals surface area contributed by atoms with E-state index < -0.39 is 0 Å². The summed E-state index contributed by atoms with van der Waals surface area (Å²) < 4.78 is 0. The van der Waals surface area contributed by atoms with E-state index in [9.17, 15) is 4.79 Å². The predicted octanol–water partition coefficient (Wildman–Crippen LogP) is 1.81. The zero-order chi connectivity index (χ0) is 9.40. The number of hydrogen-bond acceptors (Lipinski definition) is 1. The van der Waals surface area contributed by atoms with Gasteiger partial charge in [0.2, 0.25) is 0 Å². The van der Waals surface area contributed by atoms with Gasteiger partial charge < -0.3 is 5.32 Å². The van der Waals surface area contributed by atoms with Crippen LogP contribution in [0.5, 0.6) is 0 Å². The maximum atomic E-state index is 10.8. The van der Waals surface area contributed by atoms with Crippen LogP contribution in [0.2, 0.25) is 0 Å². The third-order valence-corrected chi connectivity index (χ3v) is 1.34. The molecule has 0 aromatic carbocycles. The highest BCUT2D eigenvalue weighted by Crippen LogP contribution is 1.90. The van der Waals surface area contributed by atoms with Crippen LogP contribution in [0.15, 0.2) is 11.6 Å². The Morgan fingerprint density at radius 2 is 2.25 bits per heavy atom. The molecule has 0 saturated heterocycles. The maximum absolute atomic E-state index is 10.8. The maximum Gasteiger partial charge on any atom is 0.296 e.